The average Bonchev–Trinajstić information content (AvgIpc) is 3.17. The fourth-order valence-electron chi connectivity index (χ4n) is 4.58. The van der Waals surface area contributed by atoms with Crippen LogP contribution in [0.3, 0.4) is 0 Å². The molecule has 1 saturated heterocycles. The first-order chi connectivity index (χ1) is 16.8. The minimum atomic E-state index is -0.426. The van der Waals surface area contributed by atoms with Crippen LogP contribution < -0.4 is 15.1 Å². The zero-order valence-electron chi connectivity index (χ0n) is 19.9. The Bertz CT molecular complexity index is 1320. The third-order valence-corrected chi connectivity index (χ3v) is 7.52. The van der Waals surface area contributed by atoms with Crippen LogP contribution in [0.15, 0.2) is 76.5 Å². The van der Waals surface area contributed by atoms with E-state index in [-0.39, 0.29) is 30.2 Å². The van der Waals surface area contributed by atoms with E-state index in [1.807, 2.05) is 87.5 Å². The molecule has 7 heteroatoms. The Balaban J connectivity index is 1.38. The smallest absolute Gasteiger partial charge is 0.259 e. The second-order valence-corrected chi connectivity index (χ2v) is 10.4. The van der Waals surface area contributed by atoms with E-state index < -0.39 is 5.92 Å². The van der Waals surface area contributed by atoms with Gasteiger partial charge in [-0.05, 0) is 63.2 Å². The molecule has 178 valence electrons. The summed E-state index contributed by atoms with van der Waals surface area (Å²) < 4.78 is 0. The van der Waals surface area contributed by atoms with Crippen molar-refractivity contribution >= 4 is 46.5 Å². The van der Waals surface area contributed by atoms with E-state index in [0.29, 0.717) is 17.8 Å². The largest absolute Gasteiger partial charge is 0.326 e. The average molecular weight is 486 g/mol. The van der Waals surface area contributed by atoms with Gasteiger partial charge in [-0.3, -0.25) is 14.4 Å². The number of carbonyl (C=O) groups excluding carboxylic acids is 3. The molecule has 35 heavy (non-hydrogen) atoms. The minimum Gasteiger partial charge on any atom is -0.326 e. The van der Waals surface area contributed by atoms with Gasteiger partial charge in [-0.2, -0.15) is 0 Å². The number of aryl methyl sites for hydroxylation is 1. The van der Waals surface area contributed by atoms with Gasteiger partial charge in [-0.25, -0.2) is 0 Å². The molecule has 0 aliphatic carbocycles. The highest BCUT2D eigenvalue weighted by atomic mass is 32.2. The summed E-state index contributed by atoms with van der Waals surface area (Å²) in [7, 11) is 0. The summed E-state index contributed by atoms with van der Waals surface area (Å²) in [5, 5.41) is 3.00. The molecule has 1 N–H and O–H groups in total. The number of nitrogens with zero attached hydrogens (tertiary/aromatic N) is 2. The van der Waals surface area contributed by atoms with E-state index in [9.17, 15) is 14.4 Å². The molecule has 2 aliphatic heterocycles. The van der Waals surface area contributed by atoms with Gasteiger partial charge in [0.05, 0.1) is 17.2 Å². The number of benzene rings is 3. The van der Waals surface area contributed by atoms with Crippen molar-refractivity contribution in [2.75, 3.05) is 21.7 Å². The highest BCUT2D eigenvalue weighted by Crippen LogP contribution is 2.43. The number of nitrogens with one attached hydrogen (secondary N) is 1. The van der Waals surface area contributed by atoms with Gasteiger partial charge in [0.25, 0.3) is 5.91 Å². The second kappa shape index (κ2) is 9.23. The minimum absolute atomic E-state index is 0.0225. The van der Waals surface area contributed by atoms with Gasteiger partial charge in [0.1, 0.15) is 0 Å². The van der Waals surface area contributed by atoms with E-state index in [4.69, 9.17) is 0 Å². The van der Waals surface area contributed by atoms with Crippen molar-refractivity contribution in [3.05, 3.63) is 77.9 Å². The predicted molar refractivity (Wildman–Crippen MR) is 139 cm³/mol. The first-order valence-electron chi connectivity index (χ1n) is 11.7. The number of anilines is 3. The normalized spacial score (nSPS) is 17.3. The van der Waals surface area contributed by atoms with Gasteiger partial charge in [-0.15, -0.1) is 0 Å². The molecule has 1 unspecified atom stereocenters. The molecular weight excluding hydrogens is 458 g/mol. The fraction of sp³-hybridized carbons (Fsp3) is 0.250. The quantitative estimate of drug-likeness (QED) is 0.529. The van der Waals surface area contributed by atoms with E-state index >= 15 is 0 Å². The Morgan fingerprint density at radius 1 is 1.00 bits per heavy atom. The zero-order valence-corrected chi connectivity index (χ0v) is 20.8. The predicted octanol–water partition coefficient (Wildman–Crippen LogP) is 5.51. The monoisotopic (exact) mass is 485 g/mol. The molecule has 0 aromatic heterocycles. The molecule has 3 amide bonds. The van der Waals surface area contributed by atoms with Crippen molar-refractivity contribution in [2.24, 2.45) is 5.92 Å². The summed E-state index contributed by atoms with van der Waals surface area (Å²) in [4.78, 5) is 44.3. The number of amides is 3. The van der Waals surface area contributed by atoms with Gasteiger partial charge < -0.3 is 15.1 Å². The van der Waals surface area contributed by atoms with Crippen molar-refractivity contribution in [3.8, 4) is 0 Å². The van der Waals surface area contributed by atoms with Crippen molar-refractivity contribution in [1.82, 2.24) is 0 Å². The molecule has 2 aliphatic rings. The molecule has 0 radical (unpaired) electrons. The third-order valence-electron chi connectivity index (χ3n) is 6.40. The zero-order chi connectivity index (χ0) is 24.7. The maximum Gasteiger partial charge on any atom is 0.259 e. The van der Waals surface area contributed by atoms with Crippen LogP contribution in [0.4, 0.5) is 17.1 Å². The molecule has 0 spiro atoms. The summed E-state index contributed by atoms with van der Waals surface area (Å²) in [6.45, 7) is 6.34. The second-order valence-electron chi connectivity index (χ2n) is 9.28. The van der Waals surface area contributed by atoms with Crippen LogP contribution in [0, 0.1) is 12.8 Å². The maximum atomic E-state index is 13.3. The van der Waals surface area contributed by atoms with E-state index in [2.05, 4.69) is 5.32 Å². The Hall–Kier alpha value is -3.58. The third kappa shape index (κ3) is 4.44. The summed E-state index contributed by atoms with van der Waals surface area (Å²) in [6, 6.07) is 21.0. The Morgan fingerprint density at radius 3 is 2.49 bits per heavy atom. The van der Waals surface area contributed by atoms with Crippen molar-refractivity contribution in [3.63, 3.8) is 0 Å². The molecule has 3 aromatic rings. The number of hydrogen-bond acceptors (Lipinski definition) is 4. The first-order valence-corrected chi connectivity index (χ1v) is 12.6. The molecule has 2 heterocycles. The lowest BCUT2D eigenvalue weighted by Gasteiger charge is -2.27. The van der Waals surface area contributed by atoms with Crippen molar-refractivity contribution in [1.29, 1.82) is 0 Å². The van der Waals surface area contributed by atoms with Crippen LogP contribution >= 0.6 is 11.8 Å². The molecule has 5 rings (SSSR count). The van der Waals surface area contributed by atoms with Gasteiger partial charge in [-0.1, -0.05) is 41.6 Å². The number of fused-ring (bicyclic) bond motifs is 2. The highest BCUT2D eigenvalue weighted by molar-refractivity contribution is 7.99. The number of rotatable bonds is 4. The molecule has 3 aromatic carbocycles. The maximum absolute atomic E-state index is 13.3. The topological polar surface area (TPSA) is 69.7 Å². The van der Waals surface area contributed by atoms with E-state index in [1.54, 1.807) is 9.80 Å². The Morgan fingerprint density at radius 2 is 1.74 bits per heavy atom. The van der Waals surface area contributed by atoms with E-state index in [1.165, 1.54) is 11.8 Å². The molecule has 1 fully saturated rings. The lowest BCUT2D eigenvalue weighted by molar-refractivity contribution is -0.122. The van der Waals surface area contributed by atoms with Crippen LogP contribution in [0.5, 0.6) is 0 Å². The molecule has 0 saturated carbocycles. The molecule has 6 nitrogen and oxygen atoms in total. The lowest BCUT2D eigenvalue weighted by atomic mass is 10.1. The summed E-state index contributed by atoms with van der Waals surface area (Å²) in [5.41, 5.74) is 4.09. The van der Waals surface area contributed by atoms with Crippen LogP contribution in [-0.2, 0) is 9.59 Å². The molecular formula is C28H27N3O3S. The van der Waals surface area contributed by atoms with Crippen molar-refractivity contribution < 1.29 is 14.4 Å². The van der Waals surface area contributed by atoms with Crippen LogP contribution in [0.1, 0.15) is 36.2 Å². The Labute approximate surface area is 209 Å². The highest BCUT2D eigenvalue weighted by Gasteiger charge is 2.35. The van der Waals surface area contributed by atoms with Crippen molar-refractivity contribution in [2.45, 2.75) is 43.0 Å². The van der Waals surface area contributed by atoms with Gasteiger partial charge >= 0.3 is 0 Å². The van der Waals surface area contributed by atoms with Crippen LogP contribution in [-0.4, -0.2) is 30.3 Å². The van der Waals surface area contributed by atoms with Gasteiger partial charge in [0.15, 0.2) is 0 Å². The summed E-state index contributed by atoms with van der Waals surface area (Å²) in [6.07, 6.45) is 0.183. The standard InChI is InChI=1S/C28H27N3O3S/c1-17(2)31-23-13-10-20(15-25(23)35-24-7-5-4-6-22(24)28(31)34)29-27(33)19-14-26(32)30(16-19)21-11-8-18(3)9-12-21/h4-13,15,17,19H,14,16H2,1-3H3,(H,29,33). The number of hydrogen-bond donors (Lipinski definition) is 1. The van der Waals surface area contributed by atoms with Crippen LogP contribution in [0.25, 0.3) is 0 Å². The SMILES string of the molecule is Cc1ccc(N2CC(C(=O)Nc3ccc4c(c3)Sc3ccccc3C(=O)N4C(C)C)CC2=O)cc1. The molecule has 0 bridgehead atoms. The summed E-state index contributed by atoms with van der Waals surface area (Å²) >= 11 is 1.52. The lowest BCUT2D eigenvalue weighted by Crippen LogP contribution is -2.37. The first kappa shape index (κ1) is 23.2. The number of carbonyl (C=O) groups is 3. The van der Waals surface area contributed by atoms with Gasteiger partial charge in [0.2, 0.25) is 11.8 Å². The summed E-state index contributed by atoms with van der Waals surface area (Å²) in [5.74, 6) is -0.679. The van der Waals surface area contributed by atoms with E-state index in [0.717, 1.165) is 26.7 Å². The Kier molecular flexibility index (Phi) is 6.11. The van der Waals surface area contributed by atoms with Crippen LogP contribution in [0.2, 0.25) is 0 Å². The molecule has 1 atom stereocenters. The fourth-order valence-corrected chi connectivity index (χ4v) is 5.68. The van der Waals surface area contributed by atoms with Gasteiger partial charge in [0, 0.05) is 40.2 Å².